The van der Waals surface area contributed by atoms with Gasteiger partial charge in [0.15, 0.2) is 0 Å². The molecule has 1 atom stereocenters. The van der Waals surface area contributed by atoms with E-state index in [1.54, 1.807) is 6.07 Å². The minimum atomic E-state index is -1.50. The molecule has 2 aromatic rings. The number of methoxy groups -OCH3 is 1. The van der Waals surface area contributed by atoms with Crippen molar-refractivity contribution in [1.82, 2.24) is 0 Å². The van der Waals surface area contributed by atoms with Gasteiger partial charge in [-0.2, -0.15) is 0 Å². The molecule has 18 heavy (non-hydrogen) atoms. The van der Waals surface area contributed by atoms with E-state index >= 15 is 0 Å². The van der Waals surface area contributed by atoms with E-state index in [4.69, 9.17) is 10.5 Å². The largest absolute Gasteiger partial charge is 0.495 e. The van der Waals surface area contributed by atoms with Gasteiger partial charge in [0.05, 0.1) is 22.8 Å². The summed E-state index contributed by atoms with van der Waals surface area (Å²) in [5.74, 6) is -0.290. The van der Waals surface area contributed by atoms with Gasteiger partial charge in [0.2, 0.25) is 5.91 Å². The fraction of sp³-hybridized carbons (Fsp3) is 0.154. The van der Waals surface area contributed by atoms with Gasteiger partial charge in [-0.05, 0) is 11.5 Å². The number of carbonyl (C=O) groups is 1. The molecule has 0 saturated heterocycles. The highest BCUT2D eigenvalue weighted by Gasteiger charge is 2.16. The second-order valence-corrected chi connectivity index (χ2v) is 5.16. The molecular formula is C13H13NO3S. The molecule has 4 nitrogen and oxygen atoms in total. The number of fused-ring (bicyclic) bond motifs is 1. The minimum absolute atomic E-state index is 0.204. The lowest BCUT2D eigenvalue weighted by atomic mass is 10.1. The first-order valence-electron chi connectivity index (χ1n) is 5.36. The standard InChI is InChI=1S/C13H13NO3S/c1-17-11-7-6-9-4-2-3-5-10(9)13(11)18(16)8-12(14)15/h2-7H,8H2,1H3,(H2,14,15). The van der Waals surface area contributed by atoms with Crippen molar-refractivity contribution >= 4 is 27.5 Å². The Bertz CT molecular complexity index is 625. The van der Waals surface area contributed by atoms with Gasteiger partial charge < -0.3 is 10.5 Å². The van der Waals surface area contributed by atoms with Crippen LogP contribution in [0.5, 0.6) is 5.75 Å². The Morgan fingerprint density at radius 2 is 2.00 bits per heavy atom. The van der Waals surface area contributed by atoms with Crippen LogP contribution in [-0.4, -0.2) is 23.0 Å². The minimum Gasteiger partial charge on any atom is -0.495 e. The maximum atomic E-state index is 12.2. The summed E-state index contributed by atoms with van der Waals surface area (Å²) in [5.41, 5.74) is 5.09. The Balaban J connectivity index is 2.64. The van der Waals surface area contributed by atoms with Crippen molar-refractivity contribution in [3.63, 3.8) is 0 Å². The molecule has 1 amide bonds. The lowest BCUT2D eigenvalue weighted by Gasteiger charge is -2.10. The van der Waals surface area contributed by atoms with Gasteiger partial charge in [-0.15, -0.1) is 0 Å². The van der Waals surface area contributed by atoms with E-state index < -0.39 is 16.7 Å². The number of hydrogen-bond acceptors (Lipinski definition) is 3. The summed E-state index contributed by atoms with van der Waals surface area (Å²) < 4.78 is 17.4. The van der Waals surface area contributed by atoms with Crippen LogP contribution < -0.4 is 10.5 Å². The molecule has 94 valence electrons. The highest BCUT2D eigenvalue weighted by Crippen LogP contribution is 2.30. The summed E-state index contributed by atoms with van der Waals surface area (Å²) in [7, 11) is 0.00994. The van der Waals surface area contributed by atoms with E-state index in [1.807, 2.05) is 30.3 Å². The summed E-state index contributed by atoms with van der Waals surface area (Å²) in [6.45, 7) is 0. The van der Waals surface area contributed by atoms with Gasteiger partial charge in [0, 0.05) is 5.39 Å². The Kier molecular flexibility index (Phi) is 3.62. The molecule has 5 heteroatoms. The smallest absolute Gasteiger partial charge is 0.230 e. The molecule has 0 bridgehead atoms. The third kappa shape index (κ3) is 2.36. The van der Waals surface area contributed by atoms with E-state index in [2.05, 4.69) is 0 Å². The topological polar surface area (TPSA) is 69.4 Å². The van der Waals surface area contributed by atoms with Crippen LogP contribution in [0.15, 0.2) is 41.3 Å². The fourth-order valence-corrected chi connectivity index (χ4v) is 3.03. The van der Waals surface area contributed by atoms with Crippen molar-refractivity contribution in [3.05, 3.63) is 36.4 Å². The Labute approximate surface area is 107 Å². The van der Waals surface area contributed by atoms with Crippen molar-refractivity contribution in [2.45, 2.75) is 4.90 Å². The Hall–Kier alpha value is -1.88. The average Bonchev–Trinajstić information content (AvgIpc) is 2.36. The number of nitrogens with two attached hydrogens (primary N) is 1. The van der Waals surface area contributed by atoms with Gasteiger partial charge >= 0.3 is 0 Å². The molecule has 2 rings (SSSR count). The molecule has 0 aliphatic carbocycles. The third-order valence-electron chi connectivity index (χ3n) is 2.56. The number of carbonyl (C=O) groups excluding carboxylic acids is 1. The van der Waals surface area contributed by atoms with Crippen LogP contribution in [0, 0.1) is 0 Å². The SMILES string of the molecule is COc1ccc2ccccc2c1S(=O)CC(N)=O. The predicted octanol–water partition coefficient (Wildman–Crippen LogP) is 1.44. The van der Waals surface area contributed by atoms with E-state index in [1.165, 1.54) is 7.11 Å². The van der Waals surface area contributed by atoms with E-state index in [-0.39, 0.29) is 5.75 Å². The van der Waals surface area contributed by atoms with Crippen molar-refractivity contribution in [2.75, 3.05) is 12.9 Å². The first kappa shape index (κ1) is 12.6. The molecule has 0 fully saturated rings. The second kappa shape index (κ2) is 5.18. The lowest BCUT2D eigenvalue weighted by Crippen LogP contribution is -2.19. The summed E-state index contributed by atoms with van der Waals surface area (Å²) in [5, 5.41) is 1.77. The van der Waals surface area contributed by atoms with Crippen molar-refractivity contribution < 1.29 is 13.7 Å². The van der Waals surface area contributed by atoms with E-state index in [0.717, 1.165) is 10.8 Å². The van der Waals surface area contributed by atoms with Crippen LogP contribution in [-0.2, 0) is 15.6 Å². The normalized spacial score (nSPS) is 12.3. The summed E-state index contributed by atoms with van der Waals surface area (Å²) in [6.07, 6.45) is 0. The van der Waals surface area contributed by atoms with Gasteiger partial charge in [-0.3, -0.25) is 9.00 Å². The molecule has 0 spiro atoms. The Morgan fingerprint density at radius 3 is 2.67 bits per heavy atom. The monoisotopic (exact) mass is 263 g/mol. The van der Waals surface area contributed by atoms with Crippen molar-refractivity contribution in [1.29, 1.82) is 0 Å². The number of hydrogen-bond donors (Lipinski definition) is 1. The van der Waals surface area contributed by atoms with Crippen molar-refractivity contribution in [3.8, 4) is 5.75 Å². The number of ether oxygens (including phenoxy) is 1. The Morgan fingerprint density at radius 1 is 1.28 bits per heavy atom. The van der Waals surface area contributed by atoms with E-state index in [9.17, 15) is 9.00 Å². The highest BCUT2D eigenvalue weighted by molar-refractivity contribution is 7.86. The molecule has 0 radical (unpaired) electrons. The van der Waals surface area contributed by atoms with Crippen LogP contribution >= 0.6 is 0 Å². The molecule has 0 aliphatic heterocycles. The maximum Gasteiger partial charge on any atom is 0.230 e. The zero-order valence-electron chi connectivity index (χ0n) is 9.88. The lowest BCUT2D eigenvalue weighted by molar-refractivity contribution is -0.115. The van der Waals surface area contributed by atoms with Gasteiger partial charge in [-0.1, -0.05) is 30.3 Å². The number of rotatable bonds is 4. The first-order valence-corrected chi connectivity index (χ1v) is 6.68. The molecule has 0 aliphatic rings. The number of primary amides is 1. The van der Waals surface area contributed by atoms with Gasteiger partial charge in [-0.25, -0.2) is 0 Å². The predicted molar refractivity (Wildman–Crippen MR) is 71.0 cm³/mol. The molecule has 0 aromatic heterocycles. The summed E-state index contributed by atoms with van der Waals surface area (Å²) in [6, 6.07) is 11.2. The quantitative estimate of drug-likeness (QED) is 0.907. The molecule has 1 unspecified atom stereocenters. The van der Waals surface area contributed by atoms with Gasteiger partial charge in [0.25, 0.3) is 0 Å². The van der Waals surface area contributed by atoms with Gasteiger partial charge in [0.1, 0.15) is 11.5 Å². The molecule has 0 heterocycles. The maximum absolute atomic E-state index is 12.2. The average molecular weight is 263 g/mol. The zero-order chi connectivity index (χ0) is 13.1. The van der Waals surface area contributed by atoms with Crippen LogP contribution in [0.2, 0.25) is 0 Å². The molecule has 2 aromatic carbocycles. The number of amides is 1. The molecule has 2 N–H and O–H groups in total. The first-order chi connectivity index (χ1) is 8.63. The second-order valence-electron chi connectivity index (χ2n) is 3.77. The summed E-state index contributed by atoms with van der Waals surface area (Å²) in [4.78, 5) is 11.4. The van der Waals surface area contributed by atoms with Crippen LogP contribution in [0.3, 0.4) is 0 Å². The van der Waals surface area contributed by atoms with Crippen LogP contribution in [0.4, 0.5) is 0 Å². The van der Waals surface area contributed by atoms with Crippen molar-refractivity contribution in [2.24, 2.45) is 5.73 Å². The zero-order valence-corrected chi connectivity index (χ0v) is 10.7. The fourth-order valence-electron chi connectivity index (χ4n) is 1.82. The highest BCUT2D eigenvalue weighted by atomic mass is 32.2. The third-order valence-corrected chi connectivity index (χ3v) is 3.99. The number of benzene rings is 2. The van der Waals surface area contributed by atoms with Crippen LogP contribution in [0.1, 0.15) is 0 Å². The molecule has 0 saturated carbocycles. The van der Waals surface area contributed by atoms with E-state index in [0.29, 0.717) is 10.6 Å². The summed E-state index contributed by atoms with van der Waals surface area (Å²) >= 11 is 0. The van der Waals surface area contributed by atoms with Crippen LogP contribution in [0.25, 0.3) is 10.8 Å². The molecular weight excluding hydrogens is 250 g/mol.